The average molecular weight is 295 g/mol. The maximum atomic E-state index is 12.4. The van der Waals surface area contributed by atoms with Gasteiger partial charge < -0.3 is 16.4 Å². The van der Waals surface area contributed by atoms with E-state index < -0.39 is 0 Å². The molecule has 4 heteroatoms. The highest BCUT2D eigenvalue weighted by atomic mass is 16.1. The molecule has 4 nitrogen and oxygen atoms in total. The summed E-state index contributed by atoms with van der Waals surface area (Å²) < 4.78 is 0. The lowest BCUT2D eigenvalue weighted by atomic mass is 9.78. The molecule has 0 unspecified atom stereocenters. The first kappa shape index (κ1) is 16.8. The highest BCUT2D eigenvalue weighted by Crippen LogP contribution is 2.30. The summed E-state index contributed by atoms with van der Waals surface area (Å²) >= 11 is 0. The van der Waals surface area contributed by atoms with Crippen LogP contribution in [0.5, 0.6) is 0 Å². The van der Waals surface area contributed by atoms with Crippen molar-refractivity contribution in [1.82, 2.24) is 10.6 Å². The van der Waals surface area contributed by atoms with Gasteiger partial charge in [-0.25, -0.2) is 0 Å². The van der Waals surface area contributed by atoms with E-state index in [0.717, 1.165) is 38.5 Å². The number of nitrogens with one attached hydrogen (secondary N) is 2. The summed E-state index contributed by atoms with van der Waals surface area (Å²) in [4.78, 5) is 12.4. The summed E-state index contributed by atoms with van der Waals surface area (Å²) in [6.07, 6.45) is 8.00. The molecule has 2 aliphatic rings. The van der Waals surface area contributed by atoms with Gasteiger partial charge in [-0.15, -0.1) is 0 Å². The molecular weight excluding hydrogens is 262 g/mol. The van der Waals surface area contributed by atoms with Crippen molar-refractivity contribution < 1.29 is 4.79 Å². The van der Waals surface area contributed by atoms with E-state index in [1.165, 1.54) is 6.42 Å². The molecule has 2 rings (SSSR count). The van der Waals surface area contributed by atoms with Crippen LogP contribution in [0.3, 0.4) is 0 Å². The van der Waals surface area contributed by atoms with Crippen LogP contribution in [0.2, 0.25) is 0 Å². The lowest BCUT2D eigenvalue weighted by molar-refractivity contribution is -0.123. The molecule has 0 spiro atoms. The van der Waals surface area contributed by atoms with Crippen LogP contribution in [0.15, 0.2) is 0 Å². The molecule has 1 aliphatic carbocycles. The Morgan fingerprint density at radius 1 is 1.10 bits per heavy atom. The highest BCUT2D eigenvalue weighted by molar-refractivity contribution is 5.77. The predicted molar refractivity (Wildman–Crippen MR) is 87.1 cm³/mol. The van der Waals surface area contributed by atoms with Gasteiger partial charge in [0, 0.05) is 29.1 Å². The number of hydrogen-bond acceptors (Lipinski definition) is 3. The van der Waals surface area contributed by atoms with Crippen molar-refractivity contribution in [2.45, 2.75) is 102 Å². The van der Waals surface area contributed by atoms with Gasteiger partial charge >= 0.3 is 0 Å². The molecule has 21 heavy (non-hydrogen) atoms. The third kappa shape index (κ3) is 4.96. The van der Waals surface area contributed by atoms with Crippen molar-refractivity contribution in [2.75, 3.05) is 0 Å². The van der Waals surface area contributed by atoms with E-state index in [2.05, 4.69) is 38.3 Å². The summed E-state index contributed by atoms with van der Waals surface area (Å²) in [5.41, 5.74) is 6.26. The number of rotatable bonds is 3. The highest BCUT2D eigenvalue weighted by Gasteiger charge is 2.39. The van der Waals surface area contributed by atoms with Gasteiger partial charge in [0.05, 0.1) is 0 Å². The fraction of sp³-hybridized carbons (Fsp3) is 0.941. The number of piperidine rings is 1. The zero-order valence-electron chi connectivity index (χ0n) is 14.2. The molecule has 122 valence electrons. The minimum atomic E-state index is -0.264. The molecule has 0 aromatic carbocycles. The van der Waals surface area contributed by atoms with E-state index in [4.69, 9.17) is 5.73 Å². The first-order chi connectivity index (χ1) is 9.59. The van der Waals surface area contributed by atoms with E-state index >= 15 is 0 Å². The van der Waals surface area contributed by atoms with Crippen LogP contribution in [0, 0.1) is 0 Å². The third-order valence-corrected chi connectivity index (χ3v) is 4.92. The second-order valence-corrected chi connectivity index (χ2v) is 8.67. The van der Waals surface area contributed by atoms with E-state index in [-0.39, 0.29) is 28.6 Å². The minimum Gasteiger partial charge on any atom is -0.353 e. The van der Waals surface area contributed by atoms with Crippen molar-refractivity contribution in [3.05, 3.63) is 0 Å². The molecule has 4 N–H and O–H groups in total. The maximum absolute atomic E-state index is 12.4. The second kappa shape index (κ2) is 5.88. The summed E-state index contributed by atoms with van der Waals surface area (Å²) in [5.74, 6) is 0.137. The Morgan fingerprint density at radius 2 is 1.62 bits per heavy atom. The van der Waals surface area contributed by atoms with Crippen LogP contribution in [0.1, 0.15) is 79.1 Å². The zero-order chi connectivity index (χ0) is 15.7. The average Bonchev–Trinajstić information content (AvgIpc) is 2.23. The zero-order valence-corrected chi connectivity index (χ0v) is 14.2. The standard InChI is InChI=1S/C17H33N3O/c1-15(2)10-13(11-16(3,4)20-15)19-14(21)12-17(18)8-6-5-7-9-17/h13,20H,5-12,18H2,1-4H3,(H,19,21). The fourth-order valence-corrected chi connectivity index (χ4v) is 4.46. The van der Waals surface area contributed by atoms with Gasteiger partial charge in [0.1, 0.15) is 0 Å². The number of hydrogen-bond donors (Lipinski definition) is 3. The SMILES string of the molecule is CC1(C)CC(NC(=O)CC2(N)CCCCC2)CC(C)(C)N1. The molecule has 1 amide bonds. The second-order valence-electron chi connectivity index (χ2n) is 8.67. The van der Waals surface area contributed by atoms with Crippen LogP contribution < -0.4 is 16.4 Å². The van der Waals surface area contributed by atoms with Crippen LogP contribution >= 0.6 is 0 Å². The van der Waals surface area contributed by atoms with Gasteiger partial charge in [-0.2, -0.15) is 0 Å². The van der Waals surface area contributed by atoms with Gasteiger partial charge in [0.2, 0.25) is 5.91 Å². The number of amides is 1. The normalized spacial score (nSPS) is 28.0. The van der Waals surface area contributed by atoms with E-state index in [9.17, 15) is 4.79 Å². The lowest BCUT2D eigenvalue weighted by Crippen LogP contribution is -2.62. The molecule has 0 aromatic rings. The number of carbonyl (C=O) groups is 1. The van der Waals surface area contributed by atoms with Crippen LogP contribution in [-0.4, -0.2) is 28.6 Å². The molecular formula is C17H33N3O. The monoisotopic (exact) mass is 295 g/mol. The maximum Gasteiger partial charge on any atom is 0.222 e. The number of carbonyl (C=O) groups excluding carboxylic acids is 1. The van der Waals surface area contributed by atoms with E-state index in [0.29, 0.717) is 6.42 Å². The fourth-order valence-electron chi connectivity index (χ4n) is 4.46. The molecule has 0 bridgehead atoms. The first-order valence-corrected chi connectivity index (χ1v) is 8.47. The lowest BCUT2D eigenvalue weighted by Gasteiger charge is -2.46. The summed E-state index contributed by atoms with van der Waals surface area (Å²) in [6, 6.07) is 0.246. The molecule has 1 heterocycles. The quantitative estimate of drug-likeness (QED) is 0.749. The van der Waals surface area contributed by atoms with E-state index in [1.54, 1.807) is 0 Å². The van der Waals surface area contributed by atoms with Gasteiger partial charge in [-0.05, 0) is 53.4 Å². The Kier molecular flexibility index (Phi) is 4.69. The Hall–Kier alpha value is -0.610. The van der Waals surface area contributed by atoms with Gasteiger partial charge in [-0.3, -0.25) is 4.79 Å². The van der Waals surface area contributed by atoms with Crippen molar-refractivity contribution in [3.8, 4) is 0 Å². The molecule has 2 fully saturated rings. The summed E-state index contributed by atoms with van der Waals surface area (Å²) in [5, 5.41) is 6.89. The van der Waals surface area contributed by atoms with Crippen molar-refractivity contribution in [2.24, 2.45) is 5.73 Å². The van der Waals surface area contributed by atoms with Crippen LogP contribution in [-0.2, 0) is 4.79 Å². The molecule has 0 atom stereocenters. The Balaban J connectivity index is 1.90. The number of nitrogens with two attached hydrogens (primary N) is 1. The molecule has 0 radical (unpaired) electrons. The van der Waals surface area contributed by atoms with Crippen LogP contribution in [0.4, 0.5) is 0 Å². The van der Waals surface area contributed by atoms with Crippen molar-refractivity contribution in [3.63, 3.8) is 0 Å². The predicted octanol–water partition coefficient (Wildman–Crippen LogP) is 2.46. The third-order valence-electron chi connectivity index (χ3n) is 4.92. The molecule has 1 saturated carbocycles. The molecule has 1 aliphatic heterocycles. The van der Waals surface area contributed by atoms with Gasteiger partial charge in [0.15, 0.2) is 0 Å². The Bertz CT molecular complexity index is 367. The first-order valence-electron chi connectivity index (χ1n) is 8.47. The Labute approximate surface area is 129 Å². The summed E-state index contributed by atoms with van der Waals surface area (Å²) in [6.45, 7) is 8.83. The van der Waals surface area contributed by atoms with Gasteiger partial charge in [0.25, 0.3) is 0 Å². The van der Waals surface area contributed by atoms with Gasteiger partial charge in [-0.1, -0.05) is 19.3 Å². The minimum absolute atomic E-state index is 0.0605. The summed E-state index contributed by atoms with van der Waals surface area (Å²) in [7, 11) is 0. The molecule has 1 saturated heterocycles. The van der Waals surface area contributed by atoms with Crippen molar-refractivity contribution >= 4 is 5.91 Å². The largest absolute Gasteiger partial charge is 0.353 e. The molecule has 0 aromatic heterocycles. The topological polar surface area (TPSA) is 67.2 Å². The van der Waals surface area contributed by atoms with E-state index in [1.807, 2.05) is 0 Å². The Morgan fingerprint density at radius 3 is 2.14 bits per heavy atom. The van der Waals surface area contributed by atoms with Crippen LogP contribution in [0.25, 0.3) is 0 Å². The smallest absolute Gasteiger partial charge is 0.222 e. The van der Waals surface area contributed by atoms with Crippen molar-refractivity contribution in [1.29, 1.82) is 0 Å².